The van der Waals surface area contributed by atoms with E-state index < -0.39 is 21.9 Å². The van der Waals surface area contributed by atoms with Gasteiger partial charge in [0.1, 0.15) is 23.7 Å². The lowest BCUT2D eigenvalue weighted by Gasteiger charge is -2.32. The lowest BCUT2D eigenvalue weighted by atomic mass is 10.1. The molecular formula is C17H18FN5O3S. The van der Waals surface area contributed by atoms with Gasteiger partial charge in [0.05, 0.1) is 16.2 Å². The average Bonchev–Trinajstić information content (AvgIpc) is 2.95. The molecule has 1 saturated heterocycles. The Labute approximate surface area is 156 Å². The molecule has 1 atom stereocenters. The Morgan fingerprint density at radius 1 is 1.37 bits per heavy atom. The summed E-state index contributed by atoms with van der Waals surface area (Å²) >= 11 is 0. The fourth-order valence-corrected chi connectivity index (χ4v) is 4.32. The zero-order chi connectivity index (χ0) is 19.8. The number of amides is 1. The first-order valence-electron chi connectivity index (χ1n) is 8.27. The van der Waals surface area contributed by atoms with Crippen LogP contribution >= 0.6 is 0 Å². The molecule has 2 aromatic rings. The van der Waals surface area contributed by atoms with E-state index in [1.807, 2.05) is 0 Å². The van der Waals surface area contributed by atoms with E-state index >= 15 is 0 Å². The first-order chi connectivity index (χ1) is 12.7. The Balaban J connectivity index is 1.85. The molecule has 1 aromatic carbocycles. The number of benzene rings is 1. The maximum absolute atomic E-state index is 13.5. The van der Waals surface area contributed by atoms with Crippen LogP contribution in [0, 0.1) is 24.1 Å². The maximum Gasteiger partial charge on any atom is 0.246 e. The Bertz CT molecular complexity index is 1040. The fraction of sp³-hybridized carbons (Fsp3) is 0.353. The number of nitriles is 1. The molecule has 1 aliphatic rings. The molecule has 1 fully saturated rings. The number of hydrogen-bond donors (Lipinski definition) is 1. The number of carbonyl (C=O) groups is 1. The molecule has 1 amide bonds. The van der Waals surface area contributed by atoms with Crippen molar-refractivity contribution in [2.75, 3.05) is 11.4 Å². The first-order valence-corrected chi connectivity index (χ1v) is 9.75. The van der Waals surface area contributed by atoms with Crippen LogP contribution in [0.15, 0.2) is 29.2 Å². The minimum absolute atomic E-state index is 0.262. The molecule has 0 spiro atoms. The van der Waals surface area contributed by atoms with Crippen LogP contribution < -0.4 is 9.62 Å². The summed E-state index contributed by atoms with van der Waals surface area (Å²) in [6, 6.07) is 5.35. The van der Waals surface area contributed by atoms with E-state index in [2.05, 4.69) is 9.82 Å². The smallest absolute Gasteiger partial charge is 0.246 e. The number of aromatic nitrogens is 2. The molecule has 0 aliphatic carbocycles. The number of hydrogen-bond acceptors (Lipinski definition) is 5. The van der Waals surface area contributed by atoms with E-state index in [-0.39, 0.29) is 16.4 Å². The molecule has 0 radical (unpaired) electrons. The van der Waals surface area contributed by atoms with E-state index in [9.17, 15) is 17.6 Å². The highest BCUT2D eigenvalue weighted by Gasteiger charge is 2.34. The molecule has 2 heterocycles. The van der Waals surface area contributed by atoms with E-state index in [1.54, 1.807) is 30.8 Å². The molecular weight excluding hydrogens is 373 g/mol. The van der Waals surface area contributed by atoms with Gasteiger partial charge >= 0.3 is 0 Å². The first kappa shape index (κ1) is 19.0. The zero-order valence-corrected chi connectivity index (χ0v) is 15.6. The SMILES string of the molecule is Cc1cc(N2CCCC(NS(=O)(=O)c3ccc(F)c(C#N)c3)C2=O)n(C)n1. The minimum atomic E-state index is -4.09. The van der Waals surface area contributed by atoms with Gasteiger partial charge in [0.25, 0.3) is 0 Å². The fourth-order valence-electron chi connectivity index (χ4n) is 3.07. The van der Waals surface area contributed by atoms with E-state index in [0.717, 1.165) is 23.9 Å². The predicted octanol–water partition coefficient (Wildman–Crippen LogP) is 1.21. The van der Waals surface area contributed by atoms with Gasteiger partial charge in [-0.15, -0.1) is 0 Å². The van der Waals surface area contributed by atoms with Crippen LogP contribution in [0.1, 0.15) is 24.1 Å². The van der Waals surface area contributed by atoms with Crippen LogP contribution in [0.4, 0.5) is 10.2 Å². The number of piperidine rings is 1. The van der Waals surface area contributed by atoms with Gasteiger partial charge < -0.3 is 0 Å². The van der Waals surface area contributed by atoms with Crippen molar-refractivity contribution < 1.29 is 17.6 Å². The third-order valence-corrected chi connectivity index (χ3v) is 5.83. The lowest BCUT2D eigenvalue weighted by Crippen LogP contribution is -2.52. The summed E-state index contributed by atoms with van der Waals surface area (Å²) in [6.07, 6.45) is 0.952. The van der Waals surface area contributed by atoms with E-state index in [0.29, 0.717) is 25.2 Å². The third-order valence-electron chi connectivity index (χ3n) is 4.36. The van der Waals surface area contributed by atoms with Crippen molar-refractivity contribution in [2.45, 2.75) is 30.7 Å². The van der Waals surface area contributed by atoms with Gasteiger partial charge in [-0.2, -0.15) is 15.1 Å². The quantitative estimate of drug-likeness (QED) is 0.843. The summed E-state index contributed by atoms with van der Waals surface area (Å²) in [4.78, 5) is 14.1. The van der Waals surface area contributed by atoms with Gasteiger partial charge in [0.2, 0.25) is 15.9 Å². The number of carbonyl (C=O) groups excluding carboxylic acids is 1. The molecule has 27 heavy (non-hydrogen) atoms. The van der Waals surface area contributed by atoms with Gasteiger partial charge in [-0.1, -0.05) is 0 Å². The van der Waals surface area contributed by atoms with Crippen molar-refractivity contribution in [3.05, 3.63) is 41.3 Å². The average molecular weight is 391 g/mol. The molecule has 1 aliphatic heterocycles. The zero-order valence-electron chi connectivity index (χ0n) is 14.8. The number of rotatable bonds is 4. The van der Waals surface area contributed by atoms with Gasteiger partial charge in [-0.25, -0.2) is 12.8 Å². The Hall–Kier alpha value is -2.77. The summed E-state index contributed by atoms with van der Waals surface area (Å²) < 4.78 is 42.6. The van der Waals surface area contributed by atoms with Crippen LogP contribution in [0.5, 0.6) is 0 Å². The van der Waals surface area contributed by atoms with Crippen molar-refractivity contribution in [3.63, 3.8) is 0 Å². The molecule has 10 heteroatoms. The number of nitrogens with zero attached hydrogens (tertiary/aromatic N) is 4. The molecule has 0 bridgehead atoms. The van der Waals surface area contributed by atoms with Crippen LogP contribution in [-0.2, 0) is 21.9 Å². The van der Waals surface area contributed by atoms with Crippen molar-refractivity contribution in [1.29, 1.82) is 5.26 Å². The van der Waals surface area contributed by atoms with Crippen LogP contribution in [0.25, 0.3) is 0 Å². The second-order valence-corrected chi connectivity index (χ2v) is 8.04. The largest absolute Gasteiger partial charge is 0.296 e. The second-order valence-electron chi connectivity index (χ2n) is 6.33. The Morgan fingerprint density at radius 3 is 2.74 bits per heavy atom. The van der Waals surface area contributed by atoms with Crippen molar-refractivity contribution in [2.24, 2.45) is 7.05 Å². The van der Waals surface area contributed by atoms with Gasteiger partial charge in [-0.05, 0) is 38.0 Å². The van der Waals surface area contributed by atoms with Crippen LogP contribution in [0.3, 0.4) is 0 Å². The maximum atomic E-state index is 13.5. The molecule has 142 valence electrons. The highest BCUT2D eigenvalue weighted by atomic mass is 32.2. The lowest BCUT2D eigenvalue weighted by molar-refractivity contribution is -0.121. The van der Waals surface area contributed by atoms with Gasteiger partial charge in [0.15, 0.2) is 0 Å². The number of halogens is 1. The predicted molar refractivity (Wildman–Crippen MR) is 94.8 cm³/mol. The van der Waals surface area contributed by atoms with Crippen LogP contribution in [0.2, 0.25) is 0 Å². The molecule has 1 N–H and O–H groups in total. The standard InChI is InChI=1S/C17H18FN5O3S/c1-11-8-16(22(2)20-11)23-7-3-4-15(17(23)24)21-27(25,26)13-5-6-14(18)12(9-13)10-19/h5-6,8-9,15,21H,3-4,7H2,1-2H3. The van der Waals surface area contributed by atoms with E-state index in [4.69, 9.17) is 5.26 Å². The molecule has 1 unspecified atom stereocenters. The number of anilines is 1. The Kier molecular flexibility index (Phi) is 4.99. The number of aryl methyl sites for hydroxylation is 2. The summed E-state index contributed by atoms with van der Waals surface area (Å²) in [5, 5.41) is 13.1. The summed E-state index contributed by atoms with van der Waals surface area (Å²) in [7, 11) is -2.38. The minimum Gasteiger partial charge on any atom is -0.296 e. The van der Waals surface area contributed by atoms with E-state index in [1.165, 1.54) is 4.90 Å². The monoisotopic (exact) mass is 391 g/mol. The number of sulfonamides is 1. The molecule has 8 nitrogen and oxygen atoms in total. The highest BCUT2D eigenvalue weighted by Crippen LogP contribution is 2.23. The number of nitrogens with one attached hydrogen (secondary N) is 1. The van der Waals surface area contributed by atoms with Crippen molar-refractivity contribution >= 4 is 21.7 Å². The second kappa shape index (κ2) is 7.09. The third kappa shape index (κ3) is 3.70. The summed E-state index contributed by atoms with van der Waals surface area (Å²) in [5.74, 6) is -0.590. The Morgan fingerprint density at radius 2 is 2.11 bits per heavy atom. The summed E-state index contributed by atoms with van der Waals surface area (Å²) in [6.45, 7) is 2.27. The van der Waals surface area contributed by atoms with Gasteiger partial charge in [0, 0.05) is 19.7 Å². The van der Waals surface area contributed by atoms with Crippen LogP contribution in [-0.4, -0.2) is 36.7 Å². The normalized spacial score (nSPS) is 17.8. The van der Waals surface area contributed by atoms with Crippen molar-refractivity contribution in [1.82, 2.24) is 14.5 Å². The molecule has 1 aromatic heterocycles. The topological polar surface area (TPSA) is 108 Å². The van der Waals surface area contributed by atoms with Gasteiger partial charge in [-0.3, -0.25) is 14.4 Å². The molecule has 0 saturated carbocycles. The molecule has 3 rings (SSSR count). The summed E-state index contributed by atoms with van der Waals surface area (Å²) in [5.41, 5.74) is 0.373. The highest BCUT2D eigenvalue weighted by molar-refractivity contribution is 7.89. The van der Waals surface area contributed by atoms with Crippen molar-refractivity contribution in [3.8, 4) is 6.07 Å².